The third-order valence-electron chi connectivity index (χ3n) is 4.59. The molecule has 2 fully saturated rings. The van der Waals surface area contributed by atoms with Gasteiger partial charge in [0.25, 0.3) is 5.91 Å². The topological polar surface area (TPSA) is 45.7 Å². The minimum absolute atomic E-state index is 0.0538. The summed E-state index contributed by atoms with van der Waals surface area (Å²) in [6.45, 7) is 3.62. The Balaban J connectivity index is 1.74. The lowest BCUT2D eigenvalue weighted by atomic mass is 10.1. The molecule has 3 rings (SSSR count). The van der Waals surface area contributed by atoms with Crippen LogP contribution in [0.15, 0.2) is 18.5 Å². The average molecular weight is 307 g/mol. The number of rotatable bonds is 4. The number of nitrogens with zero attached hydrogens (tertiary/aromatic N) is 3. The molecule has 2 saturated heterocycles. The van der Waals surface area contributed by atoms with Crippen LogP contribution in [0.25, 0.3) is 0 Å². The highest BCUT2D eigenvalue weighted by atomic mass is 19.1. The van der Waals surface area contributed by atoms with E-state index in [1.807, 2.05) is 4.90 Å². The minimum Gasteiger partial charge on any atom is -0.380 e. The molecule has 2 atom stereocenters. The Bertz CT molecular complexity index is 534. The van der Waals surface area contributed by atoms with Gasteiger partial charge in [-0.3, -0.25) is 9.78 Å². The van der Waals surface area contributed by atoms with Gasteiger partial charge in [0.1, 0.15) is 5.82 Å². The number of amides is 1. The van der Waals surface area contributed by atoms with Crippen LogP contribution in [0.2, 0.25) is 0 Å². The molecule has 1 aromatic heterocycles. The van der Waals surface area contributed by atoms with Crippen LogP contribution >= 0.6 is 0 Å². The number of halogens is 1. The summed E-state index contributed by atoms with van der Waals surface area (Å²) in [7, 11) is 1.68. The summed E-state index contributed by atoms with van der Waals surface area (Å²) >= 11 is 0. The summed E-state index contributed by atoms with van der Waals surface area (Å²) in [5.74, 6) is -0.639. The van der Waals surface area contributed by atoms with E-state index in [1.54, 1.807) is 7.11 Å². The van der Waals surface area contributed by atoms with Gasteiger partial charge >= 0.3 is 0 Å². The maximum Gasteiger partial charge on any atom is 0.255 e. The Kier molecular flexibility index (Phi) is 4.69. The molecule has 2 aliphatic heterocycles. The molecule has 0 aliphatic carbocycles. The number of ether oxygens (including phenoxy) is 1. The first-order valence-electron chi connectivity index (χ1n) is 7.84. The van der Waals surface area contributed by atoms with Crippen LogP contribution < -0.4 is 0 Å². The van der Waals surface area contributed by atoms with Crippen molar-refractivity contribution < 1.29 is 13.9 Å². The number of methoxy groups -OCH3 is 1. The summed E-state index contributed by atoms with van der Waals surface area (Å²) in [4.78, 5) is 20.7. The number of pyridine rings is 1. The van der Waals surface area contributed by atoms with E-state index in [9.17, 15) is 9.18 Å². The van der Waals surface area contributed by atoms with E-state index < -0.39 is 5.82 Å². The van der Waals surface area contributed by atoms with Crippen LogP contribution in [-0.4, -0.2) is 66.1 Å². The summed E-state index contributed by atoms with van der Waals surface area (Å²) in [6.07, 6.45) is 5.88. The molecule has 5 nitrogen and oxygen atoms in total. The molecule has 0 unspecified atom stereocenters. The molecule has 1 aromatic rings. The molecule has 0 N–H and O–H groups in total. The van der Waals surface area contributed by atoms with Gasteiger partial charge in [-0.05, 0) is 38.4 Å². The zero-order valence-electron chi connectivity index (χ0n) is 12.9. The second kappa shape index (κ2) is 6.71. The summed E-state index contributed by atoms with van der Waals surface area (Å²) in [6, 6.07) is 1.38. The molecule has 3 heterocycles. The molecular formula is C16H22FN3O2. The van der Waals surface area contributed by atoms with E-state index in [0.29, 0.717) is 12.1 Å². The Morgan fingerprint density at radius 2 is 2.18 bits per heavy atom. The van der Waals surface area contributed by atoms with Crippen molar-refractivity contribution in [1.29, 1.82) is 0 Å². The van der Waals surface area contributed by atoms with Gasteiger partial charge in [0.2, 0.25) is 0 Å². The van der Waals surface area contributed by atoms with Crippen molar-refractivity contribution in [3.05, 3.63) is 29.8 Å². The van der Waals surface area contributed by atoms with E-state index in [1.165, 1.54) is 25.1 Å². The van der Waals surface area contributed by atoms with E-state index in [0.717, 1.165) is 32.3 Å². The number of carbonyl (C=O) groups excluding carboxylic acids is 1. The molecular weight excluding hydrogens is 285 g/mol. The molecule has 2 aliphatic rings. The first kappa shape index (κ1) is 15.4. The fourth-order valence-corrected chi connectivity index (χ4v) is 3.42. The maximum atomic E-state index is 13.3. The number of aromatic nitrogens is 1. The van der Waals surface area contributed by atoms with Crippen molar-refractivity contribution in [2.45, 2.75) is 31.4 Å². The normalized spacial score (nSPS) is 25.8. The largest absolute Gasteiger partial charge is 0.380 e. The molecule has 0 spiro atoms. The van der Waals surface area contributed by atoms with Crippen molar-refractivity contribution in [2.75, 3.05) is 33.3 Å². The molecule has 0 saturated carbocycles. The average Bonchev–Trinajstić information content (AvgIpc) is 3.16. The van der Waals surface area contributed by atoms with Crippen molar-refractivity contribution in [3.63, 3.8) is 0 Å². The van der Waals surface area contributed by atoms with Gasteiger partial charge in [0.15, 0.2) is 0 Å². The Hall–Kier alpha value is -1.53. The number of hydrogen-bond acceptors (Lipinski definition) is 4. The highest BCUT2D eigenvalue weighted by Gasteiger charge is 2.37. The van der Waals surface area contributed by atoms with Crippen LogP contribution in [0.1, 0.15) is 29.6 Å². The van der Waals surface area contributed by atoms with Gasteiger partial charge in [-0.15, -0.1) is 0 Å². The third kappa shape index (κ3) is 3.28. The van der Waals surface area contributed by atoms with Crippen LogP contribution in [0.4, 0.5) is 4.39 Å². The zero-order valence-corrected chi connectivity index (χ0v) is 12.9. The Morgan fingerprint density at radius 1 is 1.41 bits per heavy atom. The van der Waals surface area contributed by atoms with Gasteiger partial charge in [-0.25, -0.2) is 4.39 Å². The van der Waals surface area contributed by atoms with Gasteiger partial charge in [0.05, 0.1) is 17.9 Å². The monoisotopic (exact) mass is 307 g/mol. The van der Waals surface area contributed by atoms with Gasteiger partial charge in [-0.2, -0.15) is 0 Å². The minimum atomic E-state index is -0.482. The summed E-state index contributed by atoms with van der Waals surface area (Å²) in [5.41, 5.74) is 0.308. The summed E-state index contributed by atoms with van der Waals surface area (Å²) < 4.78 is 18.8. The third-order valence-corrected chi connectivity index (χ3v) is 4.59. The molecule has 6 heteroatoms. The van der Waals surface area contributed by atoms with Crippen LogP contribution in [-0.2, 0) is 4.74 Å². The van der Waals surface area contributed by atoms with Gasteiger partial charge in [0, 0.05) is 32.4 Å². The lowest BCUT2D eigenvalue weighted by molar-refractivity contribution is 0.0669. The molecule has 0 bridgehead atoms. The first-order valence-corrected chi connectivity index (χ1v) is 7.84. The van der Waals surface area contributed by atoms with Crippen LogP contribution in [0.5, 0.6) is 0 Å². The molecule has 120 valence electrons. The van der Waals surface area contributed by atoms with Crippen LogP contribution in [0, 0.1) is 5.82 Å². The highest BCUT2D eigenvalue weighted by Crippen LogP contribution is 2.24. The van der Waals surface area contributed by atoms with Crippen molar-refractivity contribution in [3.8, 4) is 0 Å². The lowest BCUT2D eigenvalue weighted by Gasteiger charge is -2.28. The fraction of sp³-hybridized carbons (Fsp3) is 0.625. The second-order valence-electron chi connectivity index (χ2n) is 6.10. The van der Waals surface area contributed by atoms with E-state index in [-0.39, 0.29) is 18.1 Å². The first-order chi connectivity index (χ1) is 10.7. The Labute approximate surface area is 130 Å². The van der Waals surface area contributed by atoms with Gasteiger partial charge in [-0.1, -0.05) is 0 Å². The predicted octanol–water partition coefficient (Wildman–Crippen LogP) is 1.55. The van der Waals surface area contributed by atoms with Crippen LogP contribution in [0.3, 0.4) is 0 Å². The number of likely N-dealkylation sites (tertiary alicyclic amines) is 2. The SMILES string of the molecule is CO[C@H]1C[C@@H](CN2CCCC2)N(C(=O)c2cncc(F)c2)C1. The van der Waals surface area contributed by atoms with E-state index >= 15 is 0 Å². The molecule has 0 aromatic carbocycles. The van der Waals surface area contributed by atoms with E-state index in [2.05, 4.69) is 9.88 Å². The zero-order chi connectivity index (χ0) is 15.5. The quantitative estimate of drug-likeness (QED) is 0.846. The summed E-state index contributed by atoms with van der Waals surface area (Å²) in [5, 5.41) is 0. The molecule has 22 heavy (non-hydrogen) atoms. The smallest absolute Gasteiger partial charge is 0.255 e. The standard InChI is InChI=1S/C16H22FN3O2/c1-22-15-7-14(10-19-4-2-3-5-19)20(11-15)16(21)12-6-13(17)9-18-8-12/h6,8-9,14-15H,2-5,7,10-11H2,1H3/t14-,15-/m0/s1. The van der Waals surface area contributed by atoms with E-state index in [4.69, 9.17) is 4.74 Å². The fourth-order valence-electron chi connectivity index (χ4n) is 3.42. The Morgan fingerprint density at radius 3 is 2.86 bits per heavy atom. The van der Waals surface area contributed by atoms with Crippen molar-refractivity contribution >= 4 is 5.91 Å². The maximum absolute atomic E-state index is 13.3. The number of hydrogen-bond donors (Lipinski definition) is 0. The highest BCUT2D eigenvalue weighted by molar-refractivity contribution is 5.94. The lowest BCUT2D eigenvalue weighted by Crippen LogP contribution is -2.42. The molecule has 0 radical (unpaired) electrons. The van der Waals surface area contributed by atoms with Crippen molar-refractivity contribution in [1.82, 2.24) is 14.8 Å². The molecule has 1 amide bonds. The second-order valence-corrected chi connectivity index (χ2v) is 6.10. The van der Waals surface area contributed by atoms with Gasteiger partial charge < -0.3 is 14.5 Å². The van der Waals surface area contributed by atoms with Crippen molar-refractivity contribution in [2.24, 2.45) is 0 Å². The predicted molar refractivity (Wildman–Crippen MR) is 80.1 cm³/mol. The number of carbonyl (C=O) groups is 1.